The van der Waals surface area contributed by atoms with E-state index in [1.165, 1.54) is 10.5 Å². The van der Waals surface area contributed by atoms with Gasteiger partial charge in [-0.3, -0.25) is 4.98 Å². The third kappa shape index (κ3) is 3.52. The number of aromatic nitrogens is 1. The zero-order chi connectivity index (χ0) is 14.4. The van der Waals surface area contributed by atoms with Crippen LogP contribution in [0, 0.1) is 0 Å². The molecule has 0 amide bonds. The van der Waals surface area contributed by atoms with E-state index in [9.17, 15) is 0 Å². The molecule has 1 aromatic carbocycles. The number of pyridine rings is 1. The summed E-state index contributed by atoms with van der Waals surface area (Å²) in [5.74, 6) is 0.783. The van der Waals surface area contributed by atoms with E-state index in [0.717, 1.165) is 17.9 Å². The third-order valence-corrected chi connectivity index (χ3v) is 3.90. The number of methoxy groups -OCH3 is 1. The zero-order valence-electron chi connectivity index (χ0n) is 12.1. The van der Waals surface area contributed by atoms with Gasteiger partial charge in [-0.15, -0.1) is 11.8 Å². The second kappa shape index (κ2) is 7.31. The van der Waals surface area contributed by atoms with Gasteiger partial charge >= 0.3 is 0 Å². The van der Waals surface area contributed by atoms with Crippen LogP contribution in [0.3, 0.4) is 0 Å². The molecule has 0 radical (unpaired) electrons. The number of nitrogens with one attached hydrogen (secondary N) is 1. The van der Waals surface area contributed by atoms with Crippen molar-refractivity contribution < 1.29 is 4.74 Å². The van der Waals surface area contributed by atoms with E-state index in [1.807, 2.05) is 12.3 Å². The minimum absolute atomic E-state index is 0.138. The normalized spacial score (nSPS) is 12.2. The first-order valence-corrected chi connectivity index (χ1v) is 7.87. The Kier molecular flexibility index (Phi) is 5.44. The molecule has 0 spiro atoms. The zero-order valence-corrected chi connectivity index (χ0v) is 12.9. The molecule has 0 bridgehead atoms. The Morgan fingerprint density at radius 1 is 1.20 bits per heavy atom. The number of rotatable bonds is 6. The average molecular weight is 288 g/mol. The highest BCUT2D eigenvalue weighted by Crippen LogP contribution is 2.26. The molecule has 1 aromatic heterocycles. The van der Waals surface area contributed by atoms with Crippen LogP contribution < -0.4 is 10.1 Å². The standard InChI is InChI=1S/C16H20N2OS/c1-4-18-16(12-5-7-15(20-3)8-6-12)13-9-14(19-2)11-17-10-13/h5-11,16,18H,4H2,1-3H3. The second-order valence-electron chi connectivity index (χ2n) is 4.42. The maximum absolute atomic E-state index is 5.26. The molecule has 20 heavy (non-hydrogen) atoms. The van der Waals surface area contributed by atoms with Crippen molar-refractivity contribution in [3.8, 4) is 5.75 Å². The van der Waals surface area contributed by atoms with Gasteiger partial charge in [0.1, 0.15) is 5.75 Å². The smallest absolute Gasteiger partial charge is 0.137 e. The topological polar surface area (TPSA) is 34.2 Å². The van der Waals surface area contributed by atoms with Gasteiger partial charge in [0.25, 0.3) is 0 Å². The van der Waals surface area contributed by atoms with Gasteiger partial charge in [0.2, 0.25) is 0 Å². The lowest BCUT2D eigenvalue weighted by Crippen LogP contribution is -2.22. The third-order valence-electron chi connectivity index (χ3n) is 3.16. The number of benzene rings is 1. The van der Waals surface area contributed by atoms with Crippen LogP contribution in [0.4, 0.5) is 0 Å². The van der Waals surface area contributed by atoms with Crippen LogP contribution in [0.15, 0.2) is 47.6 Å². The molecule has 0 fully saturated rings. The summed E-state index contributed by atoms with van der Waals surface area (Å²) in [5, 5.41) is 3.50. The van der Waals surface area contributed by atoms with E-state index in [4.69, 9.17) is 4.74 Å². The minimum atomic E-state index is 0.138. The molecule has 2 rings (SSSR count). The van der Waals surface area contributed by atoms with Gasteiger partial charge in [0, 0.05) is 11.1 Å². The summed E-state index contributed by atoms with van der Waals surface area (Å²) in [6.45, 7) is 3.00. The molecule has 3 nitrogen and oxygen atoms in total. The largest absolute Gasteiger partial charge is 0.495 e. The SMILES string of the molecule is CCNC(c1ccc(SC)cc1)c1cncc(OC)c1. The predicted molar refractivity (Wildman–Crippen MR) is 84.5 cm³/mol. The van der Waals surface area contributed by atoms with Crippen LogP contribution in [0.25, 0.3) is 0 Å². The van der Waals surface area contributed by atoms with E-state index in [1.54, 1.807) is 25.1 Å². The molecule has 0 saturated heterocycles. The fourth-order valence-corrected chi connectivity index (χ4v) is 2.54. The number of nitrogens with zero attached hydrogens (tertiary/aromatic N) is 1. The van der Waals surface area contributed by atoms with E-state index in [-0.39, 0.29) is 6.04 Å². The first kappa shape index (κ1) is 14.9. The van der Waals surface area contributed by atoms with Gasteiger partial charge in [0.05, 0.1) is 19.3 Å². The summed E-state index contributed by atoms with van der Waals surface area (Å²) in [4.78, 5) is 5.52. The lowest BCUT2D eigenvalue weighted by atomic mass is 10.00. The minimum Gasteiger partial charge on any atom is -0.495 e. The van der Waals surface area contributed by atoms with Crippen molar-refractivity contribution in [3.05, 3.63) is 53.9 Å². The average Bonchev–Trinajstić information content (AvgIpc) is 2.53. The molecule has 0 aliphatic heterocycles. The van der Waals surface area contributed by atoms with Gasteiger partial charge < -0.3 is 10.1 Å². The summed E-state index contributed by atoms with van der Waals surface area (Å²) >= 11 is 1.75. The van der Waals surface area contributed by atoms with Crippen molar-refractivity contribution in [1.82, 2.24) is 10.3 Å². The van der Waals surface area contributed by atoms with Gasteiger partial charge in [-0.25, -0.2) is 0 Å². The number of thioether (sulfide) groups is 1. The summed E-state index contributed by atoms with van der Waals surface area (Å²) in [7, 11) is 1.66. The van der Waals surface area contributed by atoms with Crippen LogP contribution in [0.1, 0.15) is 24.1 Å². The van der Waals surface area contributed by atoms with E-state index < -0.39 is 0 Å². The molecular weight excluding hydrogens is 268 g/mol. The molecule has 2 aromatic rings. The lowest BCUT2D eigenvalue weighted by molar-refractivity contribution is 0.411. The van der Waals surface area contributed by atoms with Gasteiger partial charge in [-0.2, -0.15) is 0 Å². The van der Waals surface area contributed by atoms with Crippen LogP contribution >= 0.6 is 11.8 Å². The monoisotopic (exact) mass is 288 g/mol. The first-order valence-electron chi connectivity index (χ1n) is 6.64. The predicted octanol–water partition coefficient (Wildman–Crippen LogP) is 3.51. The number of hydrogen-bond donors (Lipinski definition) is 1. The lowest BCUT2D eigenvalue weighted by Gasteiger charge is -2.19. The highest BCUT2D eigenvalue weighted by atomic mass is 32.2. The Hall–Kier alpha value is -1.52. The highest BCUT2D eigenvalue weighted by molar-refractivity contribution is 7.98. The molecule has 1 N–H and O–H groups in total. The maximum Gasteiger partial charge on any atom is 0.137 e. The fourth-order valence-electron chi connectivity index (χ4n) is 2.13. The van der Waals surface area contributed by atoms with Crippen molar-refractivity contribution in [1.29, 1.82) is 0 Å². The van der Waals surface area contributed by atoms with Crippen LogP contribution in [0.5, 0.6) is 5.75 Å². The van der Waals surface area contributed by atoms with Crippen molar-refractivity contribution in [2.45, 2.75) is 17.9 Å². The Labute approximate surface area is 124 Å². The first-order chi connectivity index (χ1) is 9.78. The summed E-state index contributed by atoms with van der Waals surface area (Å²) in [6, 6.07) is 10.8. The summed E-state index contributed by atoms with van der Waals surface area (Å²) in [6.07, 6.45) is 5.70. The second-order valence-corrected chi connectivity index (χ2v) is 5.30. The Morgan fingerprint density at radius 3 is 2.55 bits per heavy atom. The van der Waals surface area contributed by atoms with Crippen LogP contribution in [-0.4, -0.2) is 24.9 Å². The Balaban J connectivity index is 2.33. The van der Waals surface area contributed by atoms with Gasteiger partial charge in [0.15, 0.2) is 0 Å². The number of hydrogen-bond acceptors (Lipinski definition) is 4. The summed E-state index contributed by atoms with van der Waals surface area (Å²) < 4.78 is 5.26. The van der Waals surface area contributed by atoms with E-state index in [2.05, 4.69) is 47.7 Å². The molecule has 0 saturated carbocycles. The molecule has 0 aliphatic carbocycles. The van der Waals surface area contributed by atoms with Crippen molar-refractivity contribution >= 4 is 11.8 Å². The van der Waals surface area contributed by atoms with Crippen molar-refractivity contribution in [3.63, 3.8) is 0 Å². The number of ether oxygens (including phenoxy) is 1. The summed E-state index contributed by atoms with van der Waals surface area (Å²) in [5.41, 5.74) is 2.35. The Bertz CT molecular complexity index is 542. The van der Waals surface area contributed by atoms with Crippen molar-refractivity contribution in [2.75, 3.05) is 19.9 Å². The molecule has 4 heteroatoms. The van der Waals surface area contributed by atoms with E-state index in [0.29, 0.717) is 0 Å². The molecule has 1 heterocycles. The fraction of sp³-hybridized carbons (Fsp3) is 0.312. The molecule has 0 aliphatic rings. The Morgan fingerprint density at radius 2 is 1.95 bits per heavy atom. The van der Waals surface area contributed by atoms with E-state index >= 15 is 0 Å². The van der Waals surface area contributed by atoms with Gasteiger partial charge in [-0.1, -0.05) is 19.1 Å². The quantitative estimate of drug-likeness (QED) is 0.825. The van der Waals surface area contributed by atoms with Gasteiger partial charge in [-0.05, 0) is 42.1 Å². The molecule has 1 atom stereocenters. The maximum atomic E-state index is 5.26. The molecular formula is C16H20N2OS. The molecule has 106 valence electrons. The van der Waals surface area contributed by atoms with Crippen molar-refractivity contribution in [2.24, 2.45) is 0 Å². The highest BCUT2D eigenvalue weighted by Gasteiger charge is 2.14. The van der Waals surface area contributed by atoms with Crippen LogP contribution in [0.2, 0.25) is 0 Å². The van der Waals surface area contributed by atoms with Crippen LogP contribution in [-0.2, 0) is 0 Å². The molecule has 1 unspecified atom stereocenters.